The van der Waals surface area contributed by atoms with E-state index in [-0.39, 0.29) is 5.78 Å². The van der Waals surface area contributed by atoms with Crippen LogP contribution in [0.4, 0.5) is 5.82 Å². The number of nitrogens with zero attached hydrogens (tertiary/aromatic N) is 2. The number of carbonyl (C=O) groups excluding carboxylic acids is 1. The van der Waals surface area contributed by atoms with E-state index >= 15 is 0 Å². The van der Waals surface area contributed by atoms with E-state index in [1.54, 1.807) is 36.8 Å². The molecule has 5 heteroatoms. The van der Waals surface area contributed by atoms with Crippen LogP contribution in [0.3, 0.4) is 0 Å². The standard InChI is InChI=1S/C12H10BrN3O/c13-10-5-9(6-15-7-10)11(17)3-8-1-2-16-12(14)4-8/h1-2,4-7H,3H2,(H2,14,16). The van der Waals surface area contributed by atoms with Gasteiger partial charge in [-0.15, -0.1) is 0 Å². The number of hydrogen-bond acceptors (Lipinski definition) is 4. The molecule has 0 saturated heterocycles. The lowest BCUT2D eigenvalue weighted by atomic mass is 10.1. The van der Waals surface area contributed by atoms with Crippen LogP contribution < -0.4 is 5.73 Å². The Labute approximate surface area is 107 Å². The van der Waals surface area contributed by atoms with Crippen molar-refractivity contribution in [1.29, 1.82) is 0 Å². The first kappa shape index (κ1) is 11.7. The van der Waals surface area contributed by atoms with Gasteiger partial charge in [0.1, 0.15) is 5.82 Å². The lowest BCUT2D eigenvalue weighted by Crippen LogP contribution is -2.04. The molecule has 2 N–H and O–H groups in total. The molecular weight excluding hydrogens is 282 g/mol. The van der Waals surface area contributed by atoms with E-state index < -0.39 is 0 Å². The van der Waals surface area contributed by atoms with Crippen LogP contribution in [0.1, 0.15) is 15.9 Å². The van der Waals surface area contributed by atoms with Crippen molar-refractivity contribution in [3.63, 3.8) is 0 Å². The number of nitrogens with two attached hydrogens (primary N) is 1. The van der Waals surface area contributed by atoms with E-state index in [1.165, 1.54) is 0 Å². The number of halogens is 1. The van der Waals surface area contributed by atoms with Crippen molar-refractivity contribution in [2.45, 2.75) is 6.42 Å². The van der Waals surface area contributed by atoms with Gasteiger partial charge in [-0.3, -0.25) is 9.78 Å². The summed E-state index contributed by atoms with van der Waals surface area (Å²) < 4.78 is 0.789. The molecule has 2 aromatic rings. The molecule has 4 nitrogen and oxygen atoms in total. The molecule has 2 rings (SSSR count). The zero-order valence-corrected chi connectivity index (χ0v) is 10.5. The predicted molar refractivity (Wildman–Crippen MR) is 68.6 cm³/mol. The van der Waals surface area contributed by atoms with Crippen molar-refractivity contribution in [3.8, 4) is 0 Å². The van der Waals surface area contributed by atoms with E-state index in [2.05, 4.69) is 25.9 Å². The number of aromatic nitrogens is 2. The average Bonchev–Trinajstić information content (AvgIpc) is 2.29. The monoisotopic (exact) mass is 291 g/mol. The largest absolute Gasteiger partial charge is 0.384 e. The fourth-order valence-electron chi connectivity index (χ4n) is 1.46. The maximum Gasteiger partial charge on any atom is 0.168 e. The van der Waals surface area contributed by atoms with Crippen LogP contribution in [0, 0.1) is 0 Å². The minimum atomic E-state index is 0.00407. The number of pyridine rings is 2. The van der Waals surface area contributed by atoms with Gasteiger partial charge in [-0.25, -0.2) is 4.98 Å². The third kappa shape index (κ3) is 3.10. The topological polar surface area (TPSA) is 68.9 Å². The summed E-state index contributed by atoms with van der Waals surface area (Å²) in [5.41, 5.74) is 6.98. The molecule has 0 aliphatic carbocycles. The van der Waals surface area contributed by atoms with Gasteiger partial charge < -0.3 is 5.73 Å². The maximum absolute atomic E-state index is 12.0. The van der Waals surface area contributed by atoms with Crippen LogP contribution >= 0.6 is 15.9 Å². The molecule has 17 heavy (non-hydrogen) atoms. The smallest absolute Gasteiger partial charge is 0.168 e. The van der Waals surface area contributed by atoms with Gasteiger partial charge in [0.25, 0.3) is 0 Å². The average molecular weight is 292 g/mol. The zero-order valence-electron chi connectivity index (χ0n) is 8.93. The van der Waals surface area contributed by atoms with Gasteiger partial charge in [0.15, 0.2) is 5.78 Å². The molecule has 0 spiro atoms. The van der Waals surface area contributed by atoms with Crippen LogP contribution in [0.15, 0.2) is 41.3 Å². The summed E-state index contributed by atoms with van der Waals surface area (Å²) in [5, 5.41) is 0. The normalized spacial score (nSPS) is 10.2. The van der Waals surface area contributed by atoms with Crippen LogP contribution in [0.5, 0.6) is 0 Å². The SMILES string of the molecule is Nc1cc(CC(=O)c2cncc(Br)c2)ccn1. The van der Waals surface area contributed by atoms with Crippen LogP contribution in [-0.4, -0.2) is 15.8 Å². The highest BCUT2D eigenvalue weighted by atomic mass is 79.9. The molecule has 0 atom stereocenters. The Morgan fingerprint density at radius 3 is 2.88 bits per heavy atom. The molecule has 2 aromatic heterocycles. The van der Waals surface area contributed by atoms with Crippen molar-refractivity contribution in [2.24, 2.45) is 0 Å². The van der Waals surface area contributed by atoms with E-state index in [0.29, 0.717) is 17.8 Å². The number of Topliss-reactive ketones (excluding diaryl/α,β-unsaturated/α-hetero) is 1. The lowest BCUT2D eigenvalue weighted by Gasteiger charge is -2.02. The maximum atomic E-state index is 12.0. The minimum Gasteiger partial charge on any atom is -0.384 e. The molecule has 0 unspecified atom stereocenters. The first-order chi connectivity index (χ1) is 8.15. The second-order valence-corrected chi connectivity index (χ2v) is 4.50. The summed E-state index contributed by atoms with van der Waals surface area (Å²) in [6.07, 6.45) is 5.08. The number of ketones is 1. The van der Waals surface area contributed by atoms with Crippen LogP contribution in [0.25, 0.3) is 0 Å². The third-order valence-electron chi connectivity index (χ3n) is 2.24. The molecule has 0 bridgehead atoms. The highest BCUT2D eigenvalue weighted by Crippen LogP contribution is 2.13. The highest BCUT2D eigenvalue weighted by Gasteiger charge is 2.08. The minimum absolute atomic E-state index is 0.00407. The molecule has 86 valence electrons. The molecule has 0 aromatic carbocycles. The number of hydrogen-bond donors (Lipinski definition) is 1. The third-order valence-corrected chi connectivity index (χ3v) is 2.67. The Morgan fingerprint density at radius 2 is 2.18 bits per heavy atom. The fourth-order valence-corrected chi connectivity index (χ4v) is 1.82. The van der Waals surface area contributed by atoms with Crippen molar-refractivity contribution in [1.82, 2.24) is 9.97 Å². The predicted octanol–water partition coefficient (Wildman–Crippen LogP) is 2.25. The molecule has 0 saturated carbocycles. The Kier molecular flexibility index (Phi) is 3.49. The van der Waals surface area contributed by atoms with Crippen molar-refractivity contribution >= 4 is 27.5 Å². The summed E-state index contributed by atoms with van der Waals surface area (Å²) in [5.74, 6) is 0.423. The summed E-state index contributed by atoms with van der Waals surface area (Å²) in [4.78, 5) is 19.8. The van der Waals surface area contributed by atoms with E-state index in [1.807, 2.05) is 0 Å². The number of nitrogen functional groups attached to an aromatic ring is 1. The first-order valence-electron chi connectivity index (χ1n) is 4.99. The zero-order chi connectivity index (χ0) is 12.3. The van der Waals surface area contributed by atoms with E-state index in [4.69, 9.17) is 5.73 Å². The molecule has 0 fully saturated rings. The quantitative estimate of drug-likeness (QED) is 0.881. The Bertz CT molecular complexity index is 557. The van der Waals surface area contributed by atoms with Gasteiger partial charge >= 0.3 is 0 Å². The van der Waals surface area contributed by atoms with Crippen LogP contribution in [-0.2, 0) is 6.42 Å². The molecule has 0 aliphatic rings. The first-order valence-corrected chi connectivity index (χ1v) is 5.78. The summed E-state index contributed by atoms with van der Waals surface area (Å²) in [6.45, 7) is 0. The van der Waals surface area contributed by atoms with Crippen molar-refractivity contribution in [3.05, 3.63) is 52.4 Å². The van der Waals surface area contributed by atoms with Gasteiger partial charge in [-0.2, -0.15) is 0 Å². The van der Waals surface area contributed by atoms with Crippen molar-refractivity contribution in [2.75, 3.05) is 5.73 Å². The summed E-state index contributed by atoms with van der Waals surface area (Å²) in [6, 6.07) is 5.23. The molecule has 2 heterocycles. The highest BCUT2D eigenvalue weighted by molar-refractivity contribution is 9.10. The Morgan fingerprint density at radius 1 is 1.35 bits per heavy atom. The Hall–Kier alpha value is -1.75. The molecule has 0 radical (unpaired) electrons. The van der Waals surface area contributed by atoms with E-state index in [0.717, 1.165) is 10.0 Å². The molecular formula is C12H10BrN3O. The fraction of sp³-hybridized carbons (Fsp3) is 0.0833. The Balaban J connectivity index is 2.17. The van der Waals surface area contributed by atoms with Gasteiger partial charge in [-0.1, -0.05) is 0 Å². The molecule has 0 amide bonds. The number of anilines is 1. The van der Waals surface area contributed by atoms with Gasteiger partial charge in [-0.05, 0) is 39.7 Å². The second kappa shape index (κ2) is 5.05. The van der Waals surface area contributed by atoms with Gasteiger partial charge in [0, 0.05) is 35.0 Å². The van der Waals surface area contributed by atoms with Crippen LogP contribution in [0.2, 0.25) is 0 Å². The number of carbonyl (C=O) groups is 1. The lowest BCUT2D eigenvalue weighted by molar-refractivity contribution is 0.0992. The molecule has 0 aliphatic heterocycles. The second-order valence-electron chi connectivity index (χ2n) is 3.58. The van der Waals surface area contributed by atoms with Gasteiger partial charge in [0.2, 0.25) is 0 Å². The van der Waals surface area contributed by atoms with E-state index in [9.17, 15) is 4.79 Å². The summed E-state index contributed by atoms with van der Waals surface area (Å²) >= 11 is 3.28. The van der Waals surface area contributed by atoms with Crippen molar-refractivity contribution < 1.29 is 4.79 Å². The van der Waals surface area contributed by atoms with Gasteiger partial charge in [0.05, 0.1) is 0 Å². The number of rotatable bonds is 3. The summed E-state index contributed by atoms with van der Waals surface area (Å²) in [7, 11) is 0.